The molecular weight excluding hydrogens is 433 g/mol. The van der Waals surface area contributed by atoms with E-state index in [1.165, 1.54) is 4.31 Å². The van der Waals surface area contributed by atoms with Gasteiger partial charge in [-0.2, -0.15) is 4.31 Å². The molecule has 1 aliphatic rings. The maximum Gasteiger partial charge on any atom is 0.304 e. The Morgan fingerprint density at radius 2 is 1.76 bits per heavy atom. The van der Waals surface area contributed by atoms with Crippen LogP contribution in [0.25, 0.3) is 0 Å². The molecule has 0 unspecified atom stereocenters. The van der Waals surface area contributed by atoms with Crippen LogP contribution < -0.4 is 0 Å². The summed E-state index contributed by atoms with van der Waals surface area (Å²) in [6, 6.07) is 13.6. The first-order valence-electron chi connectivity index (χ1n) is 9.36. The van der Waals surface area contributed by atoms with Crippen molar-refractivity contribution in [3.8, 4) is 0 Å². The van der Waals surface area contributed by atoms with Gasteiger partial charge in [0.1, 0.15) is 0 Å². The summed E-state index contributed by atoms with van der Waals surface area (Å²) in [6.07, 6.45) is -0.235. The molecule has 2 aromatic rings. The summed E-state index contributed by atoms with van der Waals surface area (Å²) < 4.78 is 28.2. The number of halogens is 2. The van der Waals surface area contributed by atoms with Gasteiger partial charge in [0.2, 0.25) is 10.0 Å². The third-order valence-corrected chi connectivity index (χ3v) is 8.21. The van der Waals surface area contributed by atoms with Crippen LogP contribution >= 0.6 is 23.2 Å². The van der Waals surface area contributed by atoms with Crippen LogP contribution in [0.2, 0.25) is 10.0 Å². The predicted octanol–water partition coefficient (Wildman–Crippen LogP) is 5.11. The summed E-state index contributed by atoms with van der Waals surface area (Å²) in [4.78, 5) is 11.4. The summed E-state index contributed by atoms with van der Waals surface area (Å²) in [7, 11) is -3.83. The van der Waals surface area contributed by atoms with Crippen molar-refractivity contribution in [2.75, 3.05) is 0 Å². The van der Waals surface area contributed by atoms with Gasteiger partial charge in [-0.3, -0.25) is 4.79 Å². The summed E-state index contributed by atoms with van der Waals surface area (Å²) in [5, 5.41) is 9.43. The van der Waals surface area contributed by atoms with Gasteiger partial charge >= 0.3 is 5.97 Å². The van der Waals surface area contributed by atoms with E-state index >= 15 is 0 Å². The van der Waals surface area contributed by atoms with Crippen LogP contribution in [0.3, 0.4) is 0 Å². The molecule has 156 valence electrons. The maximum atomic E-state index is 13.4. The minimum atomic E-state index is -3.83. The highest BCUT2D eigenvalue weighted by molar-refractivity contribution is 7.89. The molecule has 2 aromatic carbocycles. The first-order chi connectivity index (χ1) is 13.6. The van der Waals surface area contributed by atoms with Gasteiger partial charge in [0.15, 0.2) is 0 Å². The van der Waals surface area contributed by atoms with Gasteiger partial charge in [-0.1, -0.05) is 47.5 Å². The molecule has 8 heteroatoms. The van der Waals surface area contributed by atoms with E-state index < -0.39 is 33.7 Å². The van der Waals surface area contributed by atoms with Gasteiger partial charge in [-0.15, -0.1) is 0 Å². The van der Waals surface area contributed by atoms with E-state index in [-0.39, 0.29) is 18.4 Å². The second-order valence-electron chi connectivity index (χ2n) is 7.58. The number of hydrogen-bond acceptors (Lipinski definition) is 3. The van der Waals surface area contributed by atoms with Crippen LogP contribution in [-0.4, -0.2) is 35.1 Å². The number of carbonyl (C=O) groups is 1. The third kappa shape index (κ3) is 4.61. The Labute approximate surface area is 181 Å². The fraction of sp³-hybridized carbons (Fsp3) is 0.381. The Bertz CT molecular complexity index is 992. The zero-order chi connectivity index (χ0) is 21.3. The van der Waals surface area contributed by atoms with E-state index in [2.05, 4.69) is 0 Å². The number of rotatable bonds is 5. The van der Waals surface area contributed by atoms with Crippen LogP contribution in [0.1, 0.15) is 49.8 Å². The molecule has 0 spiro atoms. The number of hydrogen-bond donors (Lipinski definition) is 1. The molecule has 0 amide bonds. The largest absolute Gasteiger partial charge is 0.481 e. The first-order valence-corrected chi connectivity index (χ1v) is 11.6. The average molecular weight is 456 g/mol. The summed E-state index contributed by atoms with van der Waals surface area (Å²) in [6.45, 7) is 3.61. The van der Waals surface area contributed by atoms with Gasteiger partial charge in [-0.25, -0.2) is 8.42 Å². The lowest BCUT2D eigenvalue weighted by atomic mass is 9.82. The zero-order valence-corrected chi connectivity index (χ0v) is 18.5. The topological polar surface area (TPSA) is 74.7 Å². The lowest BCUT2D eigenvalue weighted by Crippen LogP contribution is -2.52. The Hall–Kier alpha value is -1.60. The quantitative estimate of drug-likeness (QED) is 0.679. The Morgan fingerprint density at radius 1 is 1.10 bits per heavy atom. The molecular formula is C21H23Cl2NO4S. The molecule has 0 radical (unpaired) electrons. The number of aliphatic carboxylic acids is 1. The number of benzene rings is 2. The van der Waals surface area contributed by atoms with Gasteiger partial charge in [0, 0.05) is 22.0 Å². The van der Waals surface area contributed by atoms with Gasteiger partial charge in [0.05, 0.1) is 17.7 Å². The lowest BCUT2D eigenvalue weighted by molar-refractivity contribution is -0.137. The summed E-state index contributed by atoms with van der Waals surface area (Å²) in [5.41, 5.74) is 1.69. The number of carboxylic acid groups (broad SMARTS) is 1. The Balaban J connectivity index is 2.20. The SMILES string of the molecule is CC(C)N1[C@H](c2ccc(Cl)cc2)[C@@H](c2cccc(Cl)c2)C[C@H](CC(=O)O)S1(=O)=O. The van der Waals surface area contributed by atoms with E-state index in [0.717, 1.165) is 11.1 Å². The fourth-order valence-electron chi connectivity index (χ4n) is 4.13. The van der Waals surface area contributed by atoms with E-state index in [1.807, 2.05) is 30.3 Å². The second kappa shape index (κ2) is 8.64. The normalized spacial score (nSPS) is 24.5. The van der Waals surface area contributed by atoms with Crippen LogP contribution in [-0.2, 0) is 14.8 Å². The monoisotopic (exact) mass is 455 g/mol. The highest BCUT2D eigenvalue weighted by atomic mass is 35.5. The standard InChI is InChI=1S/C21H23Cl2NO4S/c1-13(2)24-21(14-6-8-16(22)9-7-14)19(15-4-3-5-17(23)10-15)11-18(12-20(25)26)29(24,27)28/h3-10,13,18-19,21H,11-12H2,1-2H3,(H,25,26)/t18-,19-,21-/m1/s1. The number of carboxylic acids is 1. The molecule has 0 saturated carbocycles. The lowest BCUT2D eigenvalue weighted by Gasteiger charge is -2.46. The summed E-state index contributed by atoms with van der Waals surface area (Å²) in [5.74, 6) is -1.37. The van der Waals surface area contributed by atoms with E-state index in [4.69, 9.17) is 23.2 Å². The summed E-state index contributed by atoms with van der Waals surface area (Å²) >= 11 is 12.3. The molecule has 1 heterocycles. The van der Waals surface area contributed by atoms with Crippen molar-refractivity contribution in [2.24, 2.45) is 0 Å². The van der Waals surface area contributed by atoms with E-state index in [1.54, 1.807) is 32.0 Å². The van der Waals surface area contributed by atoms with Crippen molar-refractivity contribution in [3.05, 3.63) is 69.7 Å². The molecule has 1 N–H and O–H groups in total. The molecule has 3 atom stereocenters. The first kappa shape index (κ1) is 22.1. The highest BCUT2D eigenvalue weighted by Gasteiger charge is 2.49. The van der Waals surface area contributed by atoms with Crippen molar-refractivity contribution in [2.45, 2.75) is 49.9 Å². The van der Waals surface area contributed by atoms with Crippen LogP contribution in [0.15, 0.2) is 48.5 Å². The molecule has 29 heavy (non-hydrogen) atoms. The molecule has 0 aliphatic carbocycles. The molecule has 1 fully saturated rings. The van der Waals surface area contributed by atoms with Gasteiger partial charge in [0.25, 0.3) is 0 Å². The average Bonchev–Trinajstić information content (AvgIpc) is 2.62. The highest BCUT2D eigenvalue weighted by Crippen LogP contribution is 2.48. The molecule has 1 aliphatic heterocycles. The zero-order valence-electron chi connectivity index (χ0n) is 16.1. The predicted molar refractivity (Wildman–Crippen MR) is 115 cm³/mol. The van der Waals surface area contributed by atoms with Gasteiger partial charge < -0.3 is 5.11 Å². The van der Waals surface area contributed by atoms with Crippen LogP contribution in [0.4, 0.5) is 0 Å². The Kier molecular flexibility index (Phi) is 6.58. The second-order valence-corrected chi connectivity index (χ2v) is 10.6. The van der Waals surface area contributed by atoms with Crippen molar-refractivity contribution in [1.82, 2.24) is 4.31 Å². The third-order valence-electron chi connectivity index (χ3n) is 5.29. The van der Waals surface area contributed by atoms with Crippen molar-refractivity contribution in [3.63, 3.8) is 0 Å². The van der Waals surface area contributed by atoms with Crippen LogP contribution in [0.5, 0.6) is 0 Å². The van der Waals surface area contributed by atoms with Crippen molar-refractivity contribution in [1.29, 1.82) is 0 Å². The van der Waals surface area contributed by atoms with Crippen molar-refractivity contribution >= 4 is 39.2 Å². The molecule has 0 bridgehead atoms. The molecule has 3 rings (SSSR count). The van der Waals surface area contributed by atoms with Gasteiger partial charge in [-0.05, 0) is 55.7 Å². The van der Waals surface area contributed by atoms with E-state index in [0.29, 0.717) is 10.0 Å². The molecule has 5 nitrogen and oxygen atoms in total. The van der Waals surface area contributed by atoms with Crippen LogP contribution in [0, 0.1) is 0 Å². The number of sulfonamides is 1. The van der Waals surface area contributed by atoms with E-state index in [9.17, 15) is 18.3 Å². The minimum absolute atomic E-state index is 0.200. The van der Waals surface area contributed by atoms with Crippen molar-refractivity contribution < 1.29 is 18.3 Å². The molecule has 1 saturated heterocycles. The minimum Gasteiger partial charge on any atom is -0.481 e. The fourth-order valence-corrected chi connectivity index (χ4v) is 6.78. The number of nitrogens with zero attached hydrogens (tertiary/aromatic N) is 1. The Morgan fingerprint density at radius 3 is 2.31 bits per heavy atom. The maximum absolute atomic E-state index is 13.4. The molecule has 0 aromatic heterocycles. The smallest absolute Gasteiger partial charge is 0.304 e.